The molecule has 5 nitrogen and oxygen atoms in total. The summed E-state index contributed by atoms with van der Waals surface area (Å²) < 4.78 is 0. The molecule has 2 aromatic rings. The van der Waals surface area contributed by atoms with Crippen LogP contribution in [0.25, 0.3) is 0 Å². The summed E-state index contributed by atoms with van der Waals surface area (Å²) in [6.07, 6.45) is 2.41. The van der Waals surface area contributed by atoms with Gasteiger partial charge in [-0.1, -0.05) is 6.07 Å². The van der Waals surface area contributed by atoms with Gasteiger partial charge in [0.05, 0.1) is 0 Å². The van der Waals surface area contributed by atoms with Crippen molar-refractivity contribution in [2.75, 3.05) is 12.3 Å². The van der Waals surface area contributed by atoms with E-state index < -0.39 is 0 Å². The minimum absolute atomic E-state index is 0.0642. The van der Waals surface area contributed by atoms with E-state index in [0.717, 1.165) is 12.0 Å². The number of aromatic nitrogens is 1. The van der Waals surface area contributed by atoms with Gasteiger partial charge in [-0.3, -0.25) is 4.79 Å². The summed E-state index contributed by atoms with van der Waals surface area (Å²) >= 11 is 0. The van der Waals surface area contributed by atoms with E-state index in [9.17, 15) is 9.90 Å². The van der Waals surface area contributed by atoms with Crippen LogP contribution in [-0.2, 0) is 13.0 Å². The first-order valence-corrected chi connectivity index (χ1v) is 6.17. The summed E-state index contributed by atoms with van der Waals surface area (Å²) in [5.74, 6) is 0.169. The lowest BCUT2D eigenvalue weighted by Gasteiger charge is -2.28. The fraction of sp³-hybridized carbons (Fsp3) is 0.214. The Morgan fingerprint density at radius 1 is 1.32 bits per heavy atom. The van der Waals surface area contributed by atoms with Crippen molar-refractivity contribution in [2.45, 2.75) is 13.0 Å². The van der Waals surface area contributed by atoms with Gasteiger partial charge >= 0.3 is 0 Å². The average Bonchev–Trinajstić information content (AvgIpc) is 2.83. The molecule has 2 heterocycles. The number of hydrogen-bond donors (Lipinski definition) is 3. The van der Waals surface area contributed by atoms with Crippen molar-refractivity contribution in [3.8, 4) is 5.75 Å². The van der Waals surface area contributed by atoms with Gasteiger partial charge in [0.1, 0.15) is 11.4 Å². The van der Waals surface area contributed by atoms with Gasteiger partial charge in [-0.05, 0) is 35.7 Å². The lowest BCUT2D eigenvalue weighted by Crippen LogP contribution is -2.36. The topological polar surface area (TPSA) is 82.4 Å². The van der Waals surface area contributed by atoms with Crippen LogP contribution in [0, 0.1) is 0 Å². The van der Waals surface area contributed by atoms with Crippen LogP contribution in [0.5, 0.6) is 5.75 Å². The molecule has 1 aromatic heterocycles. The van der Waals surface area contributed by atoms with Crippen LogP contribution in [0.1, 0.15) is 21.6 Å². The van der Waals surface area contributed by atoms with Gasteiger partial charge in [-0.25, -0.2) is 0 Å². The second-order valence-electron chi connectivity index (χ2n) is 4.78. The predicted octanol–water partition coefficient (Wildman–Crippen LogP) is 1.50. The molecule has 1 aromatic carbocycles. The molecule has 0 aliphatic carbocycles. The summed E-state index contributed by atoms with van der Waals surface area (Å²) in [7, 11) is 0. The SMILES string of the molecule is Nc1c[nH]c(C(=O)N2CCc3ccc(O)cc3C2)c1. The largest absolute Gasteiger partial charge is 0.508 e. The van der Waals surface area contributed by atoms with Crippen LogP contribution in [0.4, 0.5) is 5.69 Å². The summed E-state index contributed by atoms with van der Waals surface area (Å²) in [4.78, 5) is 16.9. The van der Waals surface area contributed by atoms with Crippen LogP contribution < -0.4 is 5.73 Å². The highest BCUT2D eigenvalue weighted by atomic mass is 16.3. The number of amides is 1. The van der Waals surface area contributed by atoms with Crippen molar-refractivity contribution in [1.29, 1.82) is 0 Å². The maximum Gasteiger partial charge on any atom is 0.270 e. The maximum atomic E-state index is 12.3. The predicted molar refractivity (Wildman–Crippen MR) is 71.8 cm³/mol. The number of aromatic hydroxyl groups is 1. The number of carbonyl (C=O) groups is 1. The normalized spacial score (nSPS) is 14.2. The van der Waals surface area contributed by atoms with Crippen LogP contribution in [-0.4, -0.2) is 27.4 Å². The zero-order valence-electron chi connectivity index (χ0n) is 10.4. The number of carbonyl (C=O) groups excluding carboxylic acids is 1. The molecule has 0 fully saturated rings. The summed E-state index contributed by atoms with van der Waals surface area (Å²) in [6, 6.07) is 6.96. The van der Waals surface area contributed by atoms with Crippen molar-refractivity contribution in [1.82, 2.24) is 9.88 Å². The number of nitrogen functional groups attached to an aromatic ring is 1. The first-order valence-electron chi connectivity index (χ1n) is 6.17. The number of H-pyrrole nitrogens is 1. The molecular formula is C14H15N3O2. The molecule has 5 heteroatoms. The van der Waals surface area contributed by atoms with Gasteiger partial charge in [0.15, 0.2) is 0 Å². The van der Waals surface area contributed by atoms with Gasteiger partial charge < -0.3 is 20.7 Å². The molecule has 0 radical (unpaired) electrons. The third kappa shape index (κ3) is 2.14. The van der Waals surface area contributed by atoms with Crippen molar-refractivity contribution < 1.29 is 9.90 Å². The molecule has 0 saturated carbocycles. The molecule has 1 amide bonds. The number of rotatable bonds is 1. The molecule has 19 heavy (non-hydrogen) atoms. The number of nitrogens with zero attached hydrogens (tertiary/aromatic N) is 1. The van der Waals surface area contributed by atoms with Crippen molar-refractivity contribution in [3.05, 3.63) is 47.3 Å². The molecule has 0 unspecified atom stereocenters. The molecule has 4 N–H and O–H groups in total. The first-order chi connectivity index (χ1) is 9.13. The Labute approximate surface area is 110 Å². The van der Waals surface area contributed by atoms with Crippen molar-refractivity contribution >= 4 is 11.6 Å². The first kappa shape index (κ1) is 11.6. The Morgan fingerprint density at radius 2 is 2.16 bits per heavy atom. The van der Waals surface area contributed by atoms with Crippen LogP contribution in [0.15, 0.2) is 30.5 Å². The lowest BCUT2D eigenvalue weighted by atomic mass is 9.99. The summed E-state index contributed by atoms with van der Waals surface area (Å²) in [5, 5.41) is 9.51. The lowest BCUT2D eigenvalue weighted by molar-refractivity contribution is 0.0729. The highest BCUT2D eigenvalue weighted by molar-refractivity contribution is 5.93. The number of phenols is 1. The molecule has 3 rings (SSSR count). The Kier molecular flexibility index (Phi) is 2.67. The van der Waals surface area contributed by atoms with E-state index >= 15 is 0 Å². The van der Waals surface area contributed by atoms with Gasteiger partial charge in [0.25, 0.3) is 5.91 Å². The van der Waals surface area contributed by atoms with Crippen molar-refractivity contribution in [2.24, 2.45) is 0 Å². The number of anilines is 1. The standard InChI is InChI=1S/C14H15N3O2/c15-11-6-13(16-7-11)14(19)17-4-3-9-1-2-12(18)5-10(9)8-17/h1-2,5-7,16,18H,3-4,8,15H2. The Balaban J connectivity index is 1.83. The van der Waals surface area contributed by atoms with Crippen LogP contribution in [0.3, 0.4) is 0 Å². The van der Waals surface area contributed by atoms with E-state index in [0.29, 0.717) is 24.5 Å². The molecular weight excluding hydrogens is 242 g/mol. The number of nitrogens with one attached hydrogen (secondary N) is 1. The number of hydrogen-bond acceptors (Lipinski definition) is 3. The van der Waals surface area contributed by atoms with E-state index in [1.807, 2.05) is 6.07 Å². The number of aromatic amines is 1. The van der Waals surface area contributed by atoms with Gasteiger partial charge in [-0.2, -0.15) is 0 Å². The Bertz CT molecular complexity index is 633. The molecule has 1 aliphatic rings. The Morgan fingerprint density at radius 3 is 2.89 bits per heavy atom. The van der Waals surface area contributed by atoms with Gasteiger partial charge in [0, 0.05) is 25.0 Å². The molecule has 0 atom stereocenters. The molecule has 98 valence electrons. The monoisotopic (exact) mass is 257 g/mol. The summed E-state index contributed by atoms with van der Waals surface area (Å²) in [5.41, 5.74) is 8.85. The third-order valence-corrected chi connectivity index (χ3v) is 3.43. The van der Waals surface area contributed by atoms with Gasteiger partial charge in [0.2, 0.25) is 0 Å². The number of phenolic OH excluding ortho intramolecular Hbond substituents is 1. The zero-order chi connectivity index (χ0) is 13.4. The highest BCUT2D eigenvalue weighted by Crippen LogP contribution is 2.24. The summed E-state index contributed by atoms with van der Waals surface area (Å²) in [6.45, 7) is 1.19. The molecule has 1 aliphatic heterocycles. The Hall–Kier alpha value is -2.43. The molecule has 0 saturated heterocycles. The van der Waals surface area contributed by atoms with E-state index in [2.05, 4.69) is 4.98 Å². The van der Waals surface area contributed by atoms with Crippen LogP contribution >= 0.6 is 0 Å². The van der Waals surface area contributed by atoms with E-state index in [1.165, 1.54) is 5.56 Å². The maximum absolute atomic E-state index is 12.3. The number of nitrogens with two attached hydrogens (primary N) is 1. The zero-order valence-corrected chi connectivity index (χ0v) is 10.4. The van der Waals surface area contributed by atoms with Gasteiger partial charge in [-0.15, -0.1) is 0 Å². The number of benzene rings is 1. The highest BCUT2D eigenvalue weighted by Gasteiger charge is 2.22. The van der Waals surface area contributed by atoms with E-state index in [4.69, 9.17) is 5.73 Å². The van der Waals surface area contributed by atoms with E-state index in [1.54, 1.807) is 29.3 Å². The molecule has 0 bridgehead atoms. The second kappa shape index (κ2) is 4.35. The number of fused-ring (bicyclic) bond motifs is 1. The second-order valence-corrected chi connectivity index (χ2v) is 4.78. The fourth-order valence-electron chi connectivity index (χ4n) is 2.42. The van der Waals surface area contributed by atoms with E-state index in [-0.39, 0.29) is 11.7 Å². The fourth-order valence-corrected chi connectivity index (χ4v) is 2.42. The quantitative estimate of drug-likeness (QED) is 0.724. The third-order valence-electron chi connectivity index (χ3n) is 3.43. The molecule has 0 spiro atoms. The van der Waals surface area contributed by atoms with Crippen molar-refractivity contribution in [3.63, 3.8) is 0 Å². The smallest absolute Gasteiger partial charge is 0.270 e. The average molecular weight is 257 g/mol. The minimum atomic E-state index is -0.0642. The van der Waals surface area contributed by atoms with Crippen LogP contribution in [0.2, 0.25) is 0 Å². The minimum Gasteiger partial charge on any atom is -0.508 e.